The summed E-state index contributed by atoms with van der Waals surface area (Å²) in [6, 6.07) is 14.0. The lowest BCUT2D eigenvalue weighted by molar-refractivity contribution is 0.0790. The summed E-state index contributed by atoms with van der Waals surface area (Å²) in [5, 5.41) is 0. The van der Waals surface area contributed by atoms with Gasteiger partial charge in [-0.15, -0.1) is 0 Å². The lowest BCUT2D eigenvalue weighted by Gasteiger charge is -2.17. The van der Waals surface area contributed by atoms with Gasteiger partial charge in [0.05, 0.1) is 5.56 Å². The van der Waals surface area contributed by atoms with Crippen molar-refractivity contribution in [3.8, 4) is 0 Å². The molecule has 3 aromatic rings. The number of pyridine rings is 1. The van der Waals surface area contributed by atoms with E-state index in [-0.39, 0.29) is 11.8 Å². The summed E-state index contributed by atoms with van der Waals surface area (Å²) >= 11 is 0. The van der Waals surface area contributed by atoms with Crippen LogP contribution in [0, 0.1) is 6.92 Å². The molecular weight excluding hydrogens is 324 g/mol. The first-order valence-corrected chi connectivity index (χ1v) is 8.97. The molecular formula is C21H22N4O. The van der Waals surface area contributed by atoms with Gasteiger partial charge in [0.1, 0.15) is 5.82 Å². The van der Waals surface area contributed by atoms with Gasteiger partial charge < -0.3 is 9.47 Å². The molecule has 0 aliphatic carbocycles. The molecule has 3 heterocycles. The topological polar surface area (TPSA) is 51.0 Å². The Kier molecular flexibility index (Phi) is 4.52. The lowest BCUT2D eigenvalue weighted by atomic mass is 10.1. The first kappa shape index (κ1) is 16.5. The second-order valence-electron chi connectivity index (χ2n) is 6.81. The Morgan fingerprint density at radius 3 is 2.77 bits per heavy atom. The Balaban J connectivity index is 1.52. The van der Waals surface area contributed by atoms with E-state index in [4.69, 9.17) is 0 Å². The largest absolute Gasteiger partial charge is 0.338 e. The number of nitrogens with zero attached hydrogens (tertiary/aromatic N) is 4. The number of carbonyl (C=O) groups is 1. The van der Waals surface area contributed by atoms with Crippen LogP contribution in [0.3, 0.4) is 0 Å². The summed E-state index contributed by atoms with van der Waals surface area (Å²) < 4.78 is 2.28. The Hall–Kier alpha value is -2.95. The molecule has 1 unspecified atom stereocenters. The molecule has 0 bridgehead atoms. The summed E-state index contributed by atoms with van der Waals surface area (Å²) in [4.78, 5) is 23.3. The normalized spacial score (nSPS) is 16.8. The highest BCUT2D eigenvalue weighted by atomic mass is 16.2. The zero-order valence-corrected chi connectivity index (χ0v) is 14.9. The van der Waals surface area contributed by atoms with Crippen molar-refractivity contribution in [2.75, 3.05) is 13.1 Å². The van der Waals surface area contributed by atoms with Crippen molar-refractivity contribution in [2.24, 2.45) is 0 Å². The number of hydrogen-bond acceptors (Lipinski definition) is 3. The van der Waals surface area contributed by atoms with Crippen LogP contribution in [0.4, 0.5) is 0 Å². The van der Waals surface area contributed by atoms with Gasteiger partial charge in [-0.2, -0.15) is 0 Å². The number of imidazole rings is 1. The summed E-state index contributed by atoms with van der Waals surface area (Å²) in [6.45, 7) is 4.37. The average molecular weight is 346 g/mol. The van der Waals surface area contributed by atoms with Crippen molar-refractivity contribution in [3.05, 3.63) is 83.7 Å². The maximum Gasteiger partial charge on any atom is 0.255 e. The van der Waals surface area contributed by atoms with Crippen LogP contribution >= 0.6 is 0 Å². The van der Waals surface area contributed by atoms with E-state index in [9.17, 15) is 4.79 Å². The number of amides is 1. The first-order chi connectivity index (χ1) is 12.7. The number of hydrogen-bond donors (Lipinski definition) is 0. The predicted molar refractivity (Wildman–Crippen MR) is 100 cm³/mol. The summed E-state index contributed by atoms with van der Waals surface area (Å²) in [5.41, 5.74) is 3.06. The standard InChI is InChI=1S/C21H22N4O/c1-16-12-23-20(25(16)14-17-6-3-2-4-7-17)19-9-11-24(15-19)21(26)18-8-5-10-22-13-18/h2-8,10,12-13,19H,9,11,14-15H2,1H3. The van der Waals surface area contributed by atoms with Crippen molar-refractivity contribution >= 4 is 5.91 Å². The van der Waals surface area contributed by atoms with Gasteiger partial charge in [0.2, 0.25) is 0 Å². The maximum atomic E-state index is 12.7. The molecule has 132 valence electrons. The molecule has 1 atom stereocenters. The fourth-order valence-corrected chi connectivity index (χ4v) is 3.60. The van der Waals surface area contributed by atoms with Crippen LogP contribution in [-0.2, 0) is 6.54 Å². The van der Waals surface area contributed by atoms with Gasteiger partial charge in [0, 0.05) is 49.8 Å². The van der Waals surface area contributed by atoms with Crippen molar-refractivity contribution in [1.82, 2.24) is 19.4 Å². The Bertz CT molecular complexity index is 889. The SMILES string of the molecule is Cc1cnc(C2CCN(C(=O)c3cccnc3)C2)n1Cc1ccccc1. The molecule has 5 nitrogen and oxygen atoms in total. The molecule has 1 aliphatic rings. The zero-order valence-electron chi connectivity index (χ0n) is 14.9. The van der Waals surface area contributed by atoms with E-state index in [2.05, 4.69) is 45.7 Å². The van der Waals surface area contributed by atoms with Gasteiger partial charge in [0.15, 0.2) is 0 Å². The van der Waals surface area contributed by atoms with Crippen LogP contribution in [0.5, 0.6) is 0 Å². The summed E-state index contributed by atoms with van der Waals surface area (Å²) in [6.07, 6.45) is 6.20. The summed E-state index contributed by atoms with van der Waals surface area (Å²) in [7, 11) is 0. The minimum absolute atomic E-state index is 0.0542. The van der Waals surface area contributed by atoms with Crippen molar-refractivity contribution in [2.45, 2.75) is 25.8 Å². The maximum absolute atomic E-state index is 12.7. The van der Waals surface area contributed by atoms with Crippen molar-refractivity contribution < 1.29 is 4.79 Å². The van der Waals surface area contributed by atoms with Crippen LogP contribution in [0.25, 0.3) is 0 Å². The fourth-order valence-electron chi connectivity index (χ4n) is 3.60. The Morgan fingerprint density at radius 2 is 2.00 bits per heavy atom. The third-order valence-corrected chi connectivity index (χ3v) is 5.02. The number of aryl methyl sites for hydroxylation is 1. The molecule has 1 aromatic carbocycles. The monoisotopic (exact) mass is 346 g/mol. The van der Waals surface area contributed by atoms with Gasteiger partial charge in [0.25, 0.3) is 5.91 Å². The molecule has 2 aromatic heterocycles. The van der Waals surface area contributed by atoms with Crippen LogP contribution in [0.1, 0.15) is 39.8 Å². The molecule has 1 aliphatic heterocycles. The molecule has 5 heteroatoms. The molecule has 4 rings (SSSR count). The molecule has 1 fully saturated rings. The van der Waals surface area contributed by atoms with Crippen LogP contribution in [0.2, 0.25) is 0 Å². The molecule has 1 amide bonds. The first-order valence-electron chi connectivity index (χ1n) is 8.97. The highest BCUT2D eigenvalue weighted by molar-refractivity contribution is 5.94. The number of rotatable bonds is 4. The minimum atomic E-state index is 0.0542. The predicted octanol–water partition coefficient (Wildman–Crippen LogP) is 3.26. The van der Waals surface area contributed by atoms with Crippen LogP contribution in [-0.4, -0.2) is 38.4 Å². The van der Waals surface area contributed by atoms with Crippen molar-refractivity contribution in [3.63, 3.8) is 0 Å². The van der Waals surface area contributed by atoms with Gasteiger partial charge in [-0.3, -0.25) is 9.78 Å². The minimum Gasteiger partial charge on any atom is -0.338 e. The summed E-state index contributed by atoms with van der Waals surface area (Å²) in [5.74, 6) is 1.40. The van der Waals surface area contributed by atoms with E-state index in [1.165, 1.54) is 5.56 Å². The Labute approximate surface area is 153 Å². The van der Waals surface area contributed by atoms with Gasteiger partial charge in [-0.05, 0) is 31.0 Å². The quantitative estimate of drug-likeness (QED) is 0.728. The van der Waals surface area contributed by atoms with Gasteiger partial charge in [-0.25, -0.2) is 4.98 Å². The highest BCUT2D eigenvalue weighted by Crippen LogP contribution is 2.28. The van der Waals surface area contributed by atoms with Crippen LogP contribution in [0.15, 0.2) is 61.1 Å². The third-order valence-electron chi connectivity index (χ3n) is 5.02. The number of benzene rings is 1. The highest BCUT2D eigenvalue weighted by Gasteiger charge is 2.31. The molecule has 0 spiro atoms. The zero-order chi connectivity index (χ0) is 17.9. The van der Waals surface area contributed by atoms with Crippen LogP contribution < -0.4 is 0 Å². The van der Waals surface area contributed by atoms with E-state index < -0.39 is 0 Å². The Morgan fingerprint density at radius 1 is 1.15 bits per heavy atom. The molecule has 26 heavy (non-hydrogen) atoms. The number of carbonyl (C=O) groups excluding carboxylic acids is 1. The lowest BCUT2D eigenvalue weighted by Crippen LogP contribution is -2.28. The van der Waals surface area contributed by atoms with E-state index >= 15 is 0 Å². The third kappa shape index (κ3) is 3.25. The average Bonchev–Trinajstić information content (AvgIpc) is 3.30. The molecule has 0 radical (unpaired) electrons. The molecule has 0 saturated carbocycles. The number of aromatic nitrogens is 3. The molecule has 0 N–H and O–H groups in total. The van der Waals surface area contributed by atoms with E-state index in [1.54, 1.807) is 18.5 Å². The van der Waals surface area contributed by atoms with E-state index in [0.29, 0.717) is 12.1 Å². The van der Waals surface area contributed by atoms with E-state index in [0.717, 1.165) is 31.0 Å². The van der Waals surface area contributed by atoms with Gasteiger partial charge in [-0.1, -0.05) is 30.3 Å². The van der Waals surface area contributed by atoms with E-state index in [1.807, 2.05) is 23.2 Å². The van der Waals surface area contributed by atoms with Crippen molar-refractivity contribution in [1.29, 1.82) is 0 Å². The fraction of sp³-hybridized carbons (Fsp3) is 0.286. The second kappa shape index (κ2) is 7.12. The number of likely N-dealkylation sites (tertiary alicyclic amines) is 1. The van der Waals surface area contributed by atoms with Gasteiger partial charge >= 0.3 is 0 Å². The molecule has 1 saturated heterocycles. The smallest absolute Gasteiger partial charge is 0.255 e. The second-order valence-corrected chi connectivity index (χ2v) is 6.81.